The molecule has 0 aliphatic carbocycles. The fourth-order valence-electron chi connectivity index (χ4n) is 3.23. The Hall–Kier alpha value is -2.81. The van der Waals surface area contributed by atoms with E-state index in [9.17, 15) is 4.79 Å². The molecule has 0 saturated carbocycles. The summed E-state index contributed by atoms with van der Waals surface area (Å²) >= 11 is 1.47. The number of hydrogen-bond donors (Lipinski definition) is 0. The average Bonchev–Trinajstić information content (AvgIpc) is 3.30. The molecule has 9 heteroatoms. The van der Waals surface area contributed by atoms with Gasteiger partial charge in [-0.15, -0.1) is 11.3 Å². The first kappa shape index (κ1) is 17.6. The van der Waals surface area contributed by atoms with E-state index in [0.717, 1.165) is 40.3 Å². The molecule has 8 nitrogen and oxygen atoms in total. The minimum Gasteiger partial charge on any atom is -0.353 e. The summed E-state index contributed by atoms with van der Waals surface area (Å²) in [5.74, 6) is 2.39. The minimum absolute atomic E-state index is 0.0776. The Morgan fingerprint density at radius 2 is 1.78 bits per heavy atom. The molecule has 140 valence electrons. The van der Waals surface area contributed by atoms with E-state index < -0.39 is 0 Å². The molecule has 0 unspecified atom stereocenters. The molecule has 0 atom stereocenters. The van der Waals surface area contributed by atoms with Crippen molar-refractivity contribution in [2.45, 2.75) is 20.8 Å². The highest BCUT2D eigenvalue weighted by Crippen LogP contribution is 2.22. The normalized spacial score (nSPS) is 14.6. The predicted molar refractivity (Wildman–Crippen MR) is 104 cm³/mol. The number of rotatable bonds is 3. The van der Waals surface area contributed by atoms with E-state index in [0.29, 0.717) is 18.9 Å². The van der Waals surface area contributed by atoms with Crippen LogP contribution in [0.3, 0.4) is 0 Å². The van der Waals surface area contributed by atoms with Crippen molar-refractivity contribution in [3.05, 3.63) is 45.9 Å². The third kappa shape index (κ3) is 3.55. The van der Waals surface area contributed by atoms with Crippen LogP contribution in [0.1, 0.15) is 26.2 Å². The second-order valence-electron chi connectivity index (χ2n) is 6.51. The summed E-state index contributed by atoms with van der Waals surface area (Å²) in [7, 11) is 0. The van der Waals surface area contributed by atoms with Crippen LogP contribution in [0.25, 0.3) is 5.82 Å². The Morgan fingerprint density at radius 1 is 1.04 bits per heavy atom. The fraction of sp³-hybridized carbons (Fsp3) is 0.389. The number of aromatic nitrogens is 5. The molecule has 4 rings (SSSR count). The second-order valence-corrected chi connectivity index (χ2v) is 7.71. The second kappa shape index (κ2) is 7.07. The highest BCUT2D eigenvalue weighted by molar-refractivity contribution is 7.13. The van der Waals surface area contributed by atoms with E-state index in [1.807, 2.05) is 44.0 Å². The smallest absolute Gasteiger partial charge is 0.265 e. The molecule has 3 aromatic rings. The van der Waals surface area contributed by atoms with Crippen LogP contribution >= 0.6 is 11.3 Å². The first-order valence-electron chi connectivity index (χ1n) is 8.85. The van der Waals surface area contributed by atoms with Crippen LogP contribution in [-0.4, -0.2) is 61.7 Å². The lowest BCUT2D eigenvalue weighted by Crippen LogP contribution is -2.49. The maximum atomic E-state index is 12.8. The van der Waals surface area contributed by atoms with Crippen molar-refractivity contribution in [1.82, 2.24) is 29.6 Å². The Labute approximate surface area is 161 Å². The Morgan fingerprint density at radius 3 is 2.41 bits per heavy atom. The van der Waals surface area contributed by atoms with Crippen molar-refractivity contribution in [3.63, 3.8) is 0 Å². The lowest BCUT2D eigenvalue weighted by Gasteiger charge is -2.35. The topological polar surface area (TPSA) is 80.0 Å². The van der Waals surface area contributed by atoms with Crippen molar-refractivity contribution >= 4 is 23.1 Å². The van der Waals surface area contributed by atoms with Gasteiger partial charge in [0.1, 0.15) is 16.5 Å². The number of anilines is 1. The van der Waals surface area contributed by atoms with Crippen LogP contribution in [0.2, 0.25) is 0 Å². The first-order valence-corrected chi connectivity index (χ1v) is 9.67. The monoisotopic (exact) mass is 383 g/mol. The van der Waals surface area contributed by atoms with Crippen molar-refractivity contribution in [2.75, 3.05) is 31.1 Å². The Bertz CT molecular complexity index is 958. The summed E-state index contributed by atoms with van der Waals surface area (Å²) in [4.78, 5) is 31.0. The van der Waals surface area contributed by atoms with E-state index in [2.05, 4.69) is 25.0 Å². The molecule has 0 bridgehead atoms. The molecule has 27 heavy (non-hydrogen) atoms. The number of hydrogen-bond acceptors (Lipinski definition) is 7. The van der Waals surface area contributed by atoms with Crippen LogP contribution in [0.4, 0.5) is 5.82 Å². The number of piperazine rings is 1. The SMILES string of the molecule is Cc1nc(N2CCN(C(=O)c3sc(C)nc3C)CC2)cc(-n2cccn2)n1. The maximum absolute atomic E-state index is 12.8. The number of aryl methyl sites for hydroxylation is 3. The van der Waals surface area contributed by atoms with Crippen LogP contribution in [-0.2, 0) is 0 Å². The van der Waals surface area contributed by atoms with Crippen LogP contribution in [0, 0.1) is 20.8 Å². The van der Waals surface area contributed by atoms with Crippen LogP contribution in [0.15, 0.2) is 24.5 Å². The lowest BCUT2D eigenvalue weighted by atomic mass is 10.2. The van der Waals surface area contributed by atoms with Crippen LogP contribution in [0.5, 0.6) is 0 Å². The van der Waals surface area contributed by atoms with Gasteiger partial charge >= 0.3 is 0 Å². The summed E-state index contributed by atoms with van der Waals surface area (Å²) in [6.45, 7) is 8.50. The first-order chi connectivity index (χ1) is 13.0. The molecule has 1 aliphatic heterocycles. The van der Waals surface area contributed by atoms with Gasteiger partial charge in [-0.1, -0.05) is 0 Å². The third-order valence-corrected chi connectivity index (χ3v) is 5.60. The van der Waals surface area contributed by atoms with E-state index in [-0.39, 0.29) is 5.91 Å². The van der Waals surface area contributed by atoms with Gasteiger partial charge in [-0.2, -0.15) is 5.10 Å². The molecule has 4 heterocycles. The molecule has 1 saturated heterocycles. The number of amides is 1. The van der Waals surface area contributed by atoms with Crippen molar-refractivity contribution in [1.29, 1.82) is 0 Å². The third-order valence-electron chi connectivity index (χ3n) is 4.54. The van der Waals surface area contributed by atoms with E-state index in [1.54, 1.807) is 10.9 Å². The molecule has 1 aliphatic rings. The molecule has 0 N–H and O–H groups in total. The largest absolute Gasteiger partial charge is 0.353 e. The van der Waals surface area contributed by atoms with Crippen molar-refractivity contribution < 1.29 is 4.79 Å². The van der Waals surface area contributed by atoms with Gasteiger partial charge in [0.25, 0.3) is 5.91 Å². The number of carbonyl (C=O) groups is 1. The van der Waals surface area contributed by atoms with E-state index in [1.165, 1.54) is 11.3 Å². The van der Waals surface area contributed by atoms with E-state index in [4.69, 9.17) is 0 Å². The average molecular weight is 383 g/mol. The summed E-state index contributed by atoms with van der Waals surface area (Å²) in [6, 6.07) is 3.80. The molecule has 0 spiro atoms. The summed E-state index contributed by atoms with van der Waals surface area (Å²) in [5, 5.41) is 5.17. The molecular weight excluding hydrogens is 362 g/mol. The Balaban J connectivity index is 1.48. The molecule has 1 fully saturated rings. The Kier molecular flexibility index (Phi) is 4.61. The maximum Gasteiger partial charge on any atom is 0.265 e. The quantitative estimate of drug-likeness (QED) is 0.688. The van der Waals surface area contributed by atoms with Gasteiger partial charge in [0.2, 0.25) is 0 Å². The van der Waals surface area contributed by atoms with Crippen molar-refractivity contribution in [2.24, 2.45) is 0 Å². The molecular formula is C18H21N7OS. The van der Waals surface area contributed by atoms with Crippen LogP contribution < -0.4 is 4.90 Å². The highest BCUT2D eigenvalue weighted by atomic mass is 32.1. The minimum atomic E-state index is 0.0776. The van der Waals surface area contributed by atoms with Gasteiger partial charge in [0.15, 0.2) is 5.82 Å². The zero-order valence-corrected chi connectivity index (χ0v) is 16.4. The van der Waals surface area contributed by atoms with Gasteiger partial charge in [0.05, 0.1) is 10.7 Å². The molecule has 0 aromatic carbocycles. The van der Waals surface area contributed by atoms with E-state index >= 15 is 0 Å². The molecule has 3 aromatic heterocycles. The predicted octanol–water partition coefficient (Wildman–Crippen LogP) is 2.01. The number of carbonyl (C=O) groups excluding carboxylic acids is 1. The summed E-state index contributed by atoms with van der Waals surface area (Å²) < 4.78 is 1.73. The van der Waals surface area contributed by atoms with Gasteiger partial charge in [0, 0.05) is 44.6 Å². The zero-order chi connectivity index (χ0) is 19.0. The van der Waals surface area contributed by atoms with Gasteiger partial charge in [-0.05, 0) is 26.8 Å². The highest BCUT2D eigenvalue weighted by Gasteiger charge is 2.26. The lowest BCUT2D eigenvalue weighted by molar-refractivity contribution is 0.0750. The molecule has 0 radical (unpaired) electrons. The number of thiazole rings is 1. The zero-order valence-electron chi connectivity index (χ0n) is 15.6. The molecule has 1 amide bonds. The van der Waals surface area contributed by atoms with Gasteiger partial charge < -0.3 is 9.80 Å². The standard InChI is InChI=1S/C18H21N7OS/c1-12-17(27-14(3)20-12)18(26)24-9-7-23(8-10-24)15-11-16(22-13(2)21-15)25-6-4-5-19-25/h4-6,11H,7-10H2,1-3H3. The van der Waals surface area contributed by atoms with Crippen molar-refractivity contribution in [3.8, 4) is 5.82 Å². The summed E-state index contributed by atoms with van der Waals surface area (Å²) in [6.07, 6.45) is 3.59. The van der Waals surface area contributed by atoms with Gasteiger partial charge in [-0.25, -0.2) is 19.6 Å². The van der Waals surface area contributed by atoms with Gasteiger partial charge in [-0.3, -0.25) is 4.79 Å². The summed E-state index contributed by atoms with van der Waals surface area (Å²) in [5.41, 5.74) is 0.820. The fourth-order valence-corrected chi connectivity index (χ4v) is 4.12. The number of nitrogens with zero attached hydrogens (tertiary/aromatic N) is 7.